The van der Waals surface area contributed by atoms with Crippen molar-refractivity contribution in [2.75, 3.05) is 12.0 Å². The number of amides is 1. The van der Waals surface area contributed by atoms with Crippen LogP contribution in [0.25, 0.3) is 5.76 Å². The van der Waals surface area contributed by atoms with Crippen LogP contribution < -0.4 is 4.90 Å². The molecule has 0 radical (unpaired) electrons. The lowest BCUT2D eigenvalue weighted by atomic mass is 9.97. The number of aliphatic hydroxyl groups excluding tert-OH is 1. The summed E-state index contributed by atoms with van der Waals surface area (Å²) in [6.45, 7) is 0. The van der Waals surface area contributed by atoms with Crippen LogP contribution in [0.3, 0.4) is 0 Å². The first-order chi connectivity index (χ1) is 13.7. The molecule has 0 aliphatic carbocycles. The molecule has 2 aromatic carbocycles. The molecule has 148 valence electrons. The van der Waals surface area contributed by atoms with Crippen molar-refractivity contribution in [3.05, 3.63) is 75.8 Å². The lowest BCUT2D eigenvalue weighted by molar-refractivity contribution is -0.384. The molecule has 1 fully saturated rings. The first-order valence-electron chi connectivity index (χ1n) is 8.16. The van der Waals surface area contributed by atoms with Gasteiger partial charge in [-0.05, 0) is 24.3 Å². The van der Waals surface area contributed by atoms with E-state index in [-0.39, 0.29) is 16.9 Å². The highest BCUT2D eigenvalue weighted by Crippen LogP contribution is 2.39. The zero-order valence-electron chi connectivity index (χ0n) is 14.9. The van der Waals surface area contributed by atoms with Crippen LogP contribution in [0.15, 0.2) is 60.2 Å². The summed E-state index contributed by atoms with van der Waals surface area (Å²) in [5, 5.41) is 32.5. The van der Waals surface area contributed by atoms with E-state index in [1.807, 2.05) is 0 Å². The fraction of sp³-hybridized carbons (Fsp3) is 0.105. The number of para-hydroxylation sites is 1. The Kier molecular flexibility index (Phi) is 4.87. The molecule has 1 aliphatic heterocycles. The van der Waals surface area contributed by atoms with Crippen LogP contribution in [0.1, 0.15) is 5.56 Å². The molecule has 29 heavy (non-hydrogen) atoms. The maximum absolute atomic E-state index is 12.6. The highest BCUT2D eigenvalue weighted by atomic mass is 16.6. The Labute approximate surface area is 163 Å². The van der Waals surface area contributed by atoms with Crippen LogP contribution in [-0.4, -0.2) is 45.6 Å². The van der Waals surface area contributed by atoms with Gasteiger partial charge in [-0.3, -0.25) is 24.6 Å². The van der Waals surface area contributed by atoms with Gasteiger partial charge in [0.15, 0.2) is 0 Å². The molecule has 1 heterocycles. The van der Waals surface area contributed by atoms with Crippen LogP contribution in [0, 0.1) is 10.1 Å². The van der Waals surface area contributed by atoms with Gasteiger partial charge in [-0.15, -0.1) is 0 Å². The summed E-state index contributed by atoms with van der Waals surface area (Å²) in [6, 6.07) is 11.7. The zero-order valence-corrected chi connectivity index (χ0v) is 14.9. The van der Waals surface area contributed by atoms with Gasteiger partial charge in [0.2, 0.25) is 0 Å². The number of nitro benzene ring substituents is 1. The van der Waals surface area contributed by atoms with Gasteiger partial charge in [0.1, 0.15) is 11.3 Å². The number of Topliss-reactive ketones (excluding diaryl/α,β-unsaturated/α-hetero) is 1. The third-order valence-corrected chi connectivity index (χ3v) is 4.37. The van der Waals surface area contributed by atoms with Gasteiger partial charge in [-0.25, -0.2) is 4.79 Å². The Morgan fingerprint density at radius 2 is 1.69 bits per heavy atom. The molecular weight excluding hydrogens is 384 g/mol. The number of non-ortho nitro benzene ring substituents is 1. The van der Waals surface area contributed by atoms with Gasteiger partial charge >= 0.3 is 11.9 Å². The number of methoxy groups -OCH3 is 1. The zero-order chi connectivity index (χ0) is 21.3. The van der Waals surface area contributed by atoms with Crippen molar-refractivity contribution in [3.8, 4) is 0 Å². The van der Waals surface area contributed by atoms with Gasteiger partial charge in [-0.2, -0.15) is 0 Å². The molecule has 10 heteroatoms. The molecule has 3 rings (SSSR count). The predicted molar refractivity (Wildman–Crippen MR) is 98.5 cm³/mol. The van der Waals surface area contributed by atoms with Crippen LogP contribution in [-0.2, 0) is 19.1 Å². The number of carbonyl (C=O) groups is 3. The van der Waals surface area contributed by atoms with E-state index in [0.717, 1.165) is 31.4 Å². The van der Waals surface area contributed by atoms with Crippen molar-refractivity contribution >= 4 is 34.8 Å². The molecule has 1 atom stereocenters. The second kappa shape index (κ2) is 7.17. The van der Waals surface area contributed by atoms with Crippen LogP contribution >= 0.6 is 0 Å². The first-order valence-corrected chi connectivity index (χ1v) is 8.16. The highest BCUT2D eigenvalue weighted by molar-refractivity contribution is 6.54. The van der Waals surface area contributed by atoms with Gasteiger partial charge in [0.25, 0.3) is 17.2 Å². The molecule has 1 amide bonds. The van der Waals surface area contributed by atoms with Gasteiger partial charge in [-0.1, -0.05) is 18.2 Å². The standard InChI is InChI=1S/C19H14N2O8/c1-29-18(25)19(26)14(15(22)11-7-9-13(10-8-11)21(27)28)16(23)17(24)20(19)12-5-3-2-4-6-12/h2-10,22,26H,1H3/b15-14+. The van der Waals surface area contributed by atoms with Crippen molar-refractivity contribution in [2.45, 2.75) is 5.72 Å². The molecule has 2 aromatic rings. The normalized spacial score (nSPS) is 20.6. The minimum atomic E-state index is -2.93. The van der Waals surface area contributed by atoms with Crippen LogP contribution in [0.5, 0.6) is 0 Å². The number of nitrogens with zero attached hydrogens (tertiary/aromatic N) is 2. The van der Waals surface area contributed by atoms with E-state index < -0.39 is 39.6 Å². The quantitative estimate of drug-likeness (QED) is 0.196. The molecule has 0 saturated carbocycles. The summed E-state index contributed by atoms with van der Waals surface area (Å²) < 4.78 is 4.58. The number of aliphatic hydroxyl groups is 2. The third kappa shape index (κ3) is 3.01. The number of anilines is 1. The Bertz CT molecular complexity index is 1050. The van der Waals surface area contributed by atoms with E-state index in [9.17, 15) is 34.7 Å². The fourth-order valence-corrected chi connectivity index (χ4v) is 3.00. The number of hydrogen-bond acceptors (Lipinski definition) is 8. The predicted octanol–water partition coefficient (Wildman–Crippen LogP) is 1.34. The summed E-state index contributed by atoms with van der Waals surface area (Å²) in [7, 11) is 0.942. The smallest absolute Gasteiger partial charge is 0.365 e. The number of carbonyl (C=O) groups excluding carboxylic acids is 3. The Morgan fingerprint density at radius 1 is 1.10 bits per heavy atom. The number of ether oxygens (including phenoxy) is 1. The summed E-state index contributed by atoms with van der Waals surface area (Å²) in [5.74, 6) is -4.83. The van der Waals surface area contributed by atoms with Crippen molar-refractivity contribution < 1.29 is 34.3 Å². The van der Waals surface area contributed by atoms with Gasteiger partial charge in [0, 0.05) is 23.4 Å². The van der Waals surface area contributed by atoms with E-state index in [1.54, 1.807) is 6.07 Å². The number of esters is 1. The third-order valence-electron chi connectivity index (χ3n) is 4.37. The molecule has 0 bridgehead atoms. The van der Waals surface area contributed by atoms with E-state index in [2.05, 4.69) is 4.74 Å². The molecule has 10 nitrogen and oxygen atoms in total. The van der Waals surface area contributed by atoms with Gasteiger partial charge < -0.3 is 14.9 Å². The highest BCUT2D eigenvalue weighted by Gasteiger charge is 2.62. The van der Waals surface area contributed by atoms with Crippen molar-refractivity contribution in [1.82, 2.24) is 0 Å². The molecule has 2 N–H and O–H groups in total. The summed E-state index contributed by atoms with van der Waals surface area (Å²) in [5.41, 5.74) is -4.23. The lowest BCUT2D eigenvalue weighted by Crippen LogP contribution is -2.54. The summed E-state index contributed by atoms with van der Waals surface area (Å²) >= 11 is 0. The average molecular weight is 398 g/mol. The lowest BCUT2D eigenvalue weighted by Gasteiger charge is -2.30. The largest absolute Gasteiger partial charge is 0.507 e. The average Bonchev–Trinajstić information content (AvgIpc) is 2.93. The monoisotopic (exact) mass is 398 g/mol. The summed E-state index contributed by atoms with van der Waals surface area (Å²) in [4.78, 5) is 48.3. The molecule has 1 aliphatic rings. The van der Waals surface area contributed by atoms with Crippen molar-refractivity contribution in [1.29, 1.82) is 0 Å². The minimum Gasteiger partial charge on any atom is -0.507 e. The number of nitro groups is 1. The van der Waals surface area contributed by atoms with E-state index in [0.29, 0.717) is 4.90 Å². The second-order valence-electron chi connectivity index (χ2n) is 6.00. The first kappa shape index (κ1) is 19.7. The van der Waals surface area contributed by atoms with Crippen LogP contribution in [0.2, 0.25) is 0 Å². The van der Waals surface area contributed by atoms with Crippen molar-refractivity contribution in [2.24, 2.45) is 0 Å². The SMILES string of the molecule is COC(=O)C1(O)/C(=C(/O)c2ccc([N+](=O)[O-])cc2)C(=O)C(=O)N1c1ccccc1. The van der Waals surface area contributed by atoms with Gasteiger partial charge in [0.05, 0.1) is 12.0 Å². The second-order valence-corrected chi connectivity index (χ2v) is 6.00. The maximum atomic E-state index is 12.6. The topological polar surface area (TPSA) is 147 Å². The maximum Gasteiger partial charge on any atom is 0.365 e. The fourth-order valence-electron chi connectivity index (χ4n) is 3.00. The number of hydrogen-bond donors (Lipinski definition) is 2. The molecule has 0 spiro atoms. The molecular formula is C19H14N2O8. The number of rotatable bonds is 4. The minimum absolute atomic E-state index is 0.0187. The number of ketones is 1. The molecule has 1 saturated heterocycles. The Hall–Kier alpha value is -4.05. The van der Waals surface area contributed by atoms with Crippen molar-refractivity contribution in [3.63, 3.8) is 0 Å². The molecule has 1 unspecified atom stereocenters. The summed E-state index contributed by atoms with van der Waals surface area (Å²) in [6.07, 6.45) is 0. The Balaban J connectivity index is 2.24. The number of benzene rings is 2. The Morgan fingerprint density at radius 3 is 2.21 bits per heavy atom. The van der Waals surface area contributed by atoms with E-state index in [1.165, 1.54) is 24.3 Å². The molecule has 0 aromatic heterocycles. The van der Waals surface area contributed by atoms with E-state index in [4.69, 9.17) is 0 Å². The van der Waals surface area contributed by atoms with E-state index >= 15 is 0 Å². The van der Waals surface area contributed by atoms with Crippen LogP contribution in [0.4, 0.5) is 11.4 Å².